The number of para-hydroxylation sites is 1. The highest BCUT2D eigenvalue weighted by Gasteiger charge is 2.35. The fourth-order valence-corrected chi connectivity index (χ4v) is 3.95. The molecule has 0 unspecified atom stereocenters. The number of hydrogen-bond acceptors (Lipinski definition) is 6. The van der Waals surface area contributed by atoms with Crippen LogP contribution in [0.25, 0.3) is 0 Å². The van der Waals surface area contributed by atoms with Gasteiger partial charge in [0.1, 0.15) is 22.0 Å². The van der Waals surface area contributed by atoms with Crippen molar-refractivity contribution in [3.63, 3.8) is 0 Å². The van der Waals surface area contributed by atoms with Crippen molar-refractivity contribution < 1.29 is 35.6 Å². The van der Waals surface area contributed by atoms with E-state index in [0.29, 0.717) is 6.07 Å². The van der Waals surface area contributed by atoms with Gasteiger partial charge in [0.05, 0.1) is 24.6 Å². The van der Waals surface area contributed by atoms with Gasteiger partial charge in [-0.1, -0.05) is 17.3 Å². The van der Waals surface area contributed by atoms with Crippen molar-refractivity contribution in [3.05, 3.63) is 65.5 Å². The Bertz CT molecular complexity index is 1220. The molecule has 1 heterocycles. The number of carbonyl (C=O) groups excluding carboxylic acids is 1. The summed E-state index contributed by atoms with van der Waals surface area (Å²) in [5, 5.41) is 5.74. The lowest BCUT2D eigenvalue weighted by molar-refractivity contribution is -0.136. The molecule has 12 heteroatoms. The molecule has 0 fully saturated rings. The highest BCUT2D eigenvalue weighted by Crippen LogP contribution is 2.38. The molecule has 3 rings (SSSR count). The van der Waals surface area contributed by atoms with E-state index < -0.39 is 33.4 Å². The molecular weight excluding hydrogens is 439 g/mol. The number of hydrogen-bond donors (Lipinski definition) is 2. The average molecular weight is 455 g/mol. The summed E-state index contributed by atoms with van der Waals surface area (Å²) in [6.07, 6.45) is -3.78. The van der Waals surface area contributed by atoms with E-state index in [-0.39, 0.29) is 27.7 Å². The molecule has 0 saturated heterocycles. The van der Waals surface area contributed by atoms with E-state index >= 15 is 0 Å². The average Bonchev–Trinajstić information content (AvgIpc) is 3.14. The molecule has 31 heavy (non-hydrogen) atoms. The Balaban J connectivity index is 1.96. The van der Waals surface area contributed by atoms with Crippen LogP contribution in [0.5, 0.6) is 5.75 Å². The molecule has 0 bridgehead atoms. The Hall–Kier alpha value is -3.54. The second kappa shape index (κ2) is 8.30. The number of alkyl halides is 3. The Kier molecular flexibility index (Phi) is 5.93. The van der Waals surface area contributed by atoms with Crippen LogP contribution in [0.3, 0.4) is 0 Å². The molecule has 0 radical (unpaired) electrons. The molecule has 2 N–H and O–H groups in total. The zero-order valence-corrected chi connectivity index (χ0v) is 17.0. The number of aryl methyl sites for hydroxylation is 1. The normalized spacial score (nSPS) is 11.8. The standard InChI is InChI=1S/C19H16F3N3O5S/c1-11-13(10-23-30-11)18(26)24-12-7-8-15(14(9-12)19(20,21)22)25-31(27,28)17-6-4-3-5-16(17)29-2/h3-10,25H,1-2H3,(H,24,26). The van der Waals surface area contributed by atoms with Crippen LogP contribution in [0, 0.1) is 6.92 Å². The maximum absolute atomic E-state index is 13.6. The number of methoxy groups -OCH3 is 1. The van der Waals surface area contributed by atoms with E-state index in [2.05, 4.69) is 10.5 Å². The van der Waals surface area contributed by atoms with Crippen LogP contribution >= 0.6 is 0 Å². The van der Waals surface area contributed by atoms with Gasteiger partial charge in [-0.2, -0.15) is 13.2 Å². The molecule has 0 aliphatic rings. The van der Waals surface area contributed by atoms with E-state index in [1.165, 1.54) is 38.3 Å². The first-order chi connectivity index (χ1) is 14.5. The quantitative estimate of drug-likeness (QED) is 0.580. The maximum Gasteiger partial charge on any atom is 0.418 e. The van der Waals surface area contributed by atoms with E-state index in [9.17, 15) is 26.4 Å². The number of amides is 1. The number of benzene rings is 2. The highest BCUT2D eigenvalue weighted by atomic mass is 32.2. The van der Waals surface area contributed by atoms with Gasteiger partial charge in [-0.3, -0.25) is 9.52 Å². The first-order valence-corrected chi connectivity index (χ1v) is 10.1. The number of aromatic nitrogens is 1. The van der Waals surface area contributed by atoms with Crippen LogP contribution in [0.15, 0.2) is 58.1 Å². The summed E-state index contributed by atoms with van der Waals surface area (Å²) in [7, 11) is -3.16. The minimum atomic E-state index is -4.91. The van der Waals surface area contributed by atoms with Gasteiger partial charge in [0.2, 0.25) is 0 Å². The van der Waals surface area contributed by atoms with E-state index in [0.717, 1.165) is 18.3 Å². The van der Waals surface area contributed by atoms with Crippen LogP contribution in [0.1, 0.15) is 21.7 Å². The van der Waals surface area contributed by atoms with Crippen molar-refractivity contribution >= 4 is 27.3 Å². The van der Waals surface area contributed by atoms with E-state index in [4.69, 9.17) is 9.26 Å². The van der Waals surface area contributed by atoms with E-state index in [1.807, 2.05) is 4.72 Å². The SMILES string of the molecule is COc1ccccc1S(=O)(=O)Nc1ccc(NC(=O)c2cnoc2C)cc1C(F)(F)F. The molecule has 0 atom stereocenters. The lowest BCUT2D eigenvalue weighted by atomic mass is 10.1. The summed E-state index contributed by atoms with van der Waals surface area (Å²) in [5.74, 6) is -0.569. The summed E-state index contributed by atoms with van der Waals surface area (Å²) in [4.78, 5) is 11.9. The lowest BCUT2D eigenvalue weighted by Crippen LogP contribution is -2.19. The van der Waals surface area contributed by atoms with Crippen molar-refractivity contribution in [1.29, 1.82) is 0 Å². The molecule has 8 nitrogen and oxygen atoms in total. The topological polar surface area (TPSA) is 111 Å². The van der Waals surface area contributed by atoms with Gasteiger partial charge in [-0.25, -0.2) is 8.42 Å². The number of carbonyl (C=O) groups is 1. The molecule has 164 valence electrons. The molecule has 2 aromatic carbocycles. The van der Waals surface area contributed by atoms with Gasteiger partial charge in [-0.05, 0) is 37.3 Å². The number of halogens is 3. The number of nitrogens with one attached hydrogen (secondary N) is 2. The predicted molar refractivity (Wildman–Crippen MR) is 104 cm³/mol. The number of nitrogens with zero attached hydrogens (tertiary/aromatic N) is 1. The van der Waals surface area contributed by atoms with Crippen LogP contribution in [-0.4, -0.2) is 26.6 Å². The monoisotopic (exact) mass is 455 g/mol. The van der Waals surface area contributed by atoms with Crippen molar-refractivity contribution in [1.82, 2.24) is 5.16 Å². The van der Waals surface area contributed by atoms with Gasteiger partial charge in [-0.15, -0.1) is 0 Å². The van der Waals surface area contributed by atoms with Crippen molar-refractivity contribution in [2.24, 2.45) is 0 Å². The summed E-state index contributed by atoms with van der Waals surface area (Å²) >= 11 is 0. The fourth-order valence-electron chi connectivity index (χ4n) is 2.70. The van der Waals surface area contributed by atoms with Crippen molar-refractivity contribution in [2.75, 3.05) is 17.1 Å². The second-order valence-corrected chi connectivity index (χ2v) is 7.92. The van der Waals surface area contributed by atoms with Gasteiger partial charge < -0.3 is 14.6 Å². The van der Waals surface area contributed by atoms with Crippen LogP contribution in [-0.2, 0) is 16.2 Å². The van der Waals surface area contributed by atoms with Crippen LogP contribution in [0.2, 0.25) is 0 Å². The summed E-state index contributed by atoms with van der Waals surface area (Å²) in [5.41, 5.74) is -2.14. The summed E-state index contributed by atoms with van der Waals surface area (Å²) in [6.45, 7) is 1.47. The summed E-state index contributed by atoms with van der Waals surface area (Å²) in [6, 6.07) is 8.17. The molecule has 0 aliphatic carbocycles. The third-order valence-electron chi connectivity index (χ3n) is 4.18. The smallest absolute Gasteiger partial charge is 0.418 e. The van der Waals surface area contributed by atoms with Crippen LogP contribution in [0.4, 0.5) is 24.5 Å². The fraction of sp³-hybridized carbons (Fsp3) is 0.158. The van der Waals surface area contributed by atoms with Crippen molar-refractivity contribution in [3.8, 4) is 5.75 Å². The third kappa shape index (κ3) is 4.79. The molecule has 3 aromatic rings. The Morgan fingerprint density at radius 2 is 1.87 bits per heavy atom. The van der Waals surface area contributed by atoms with Gasteiger partial charge >= 0.3 is 6.18 Å². The van der Waals surface area contributed by atoms with Crippen LogP contribution < -0.4 is 14.8 Å². The Morgan fingerprint density at radius 3 is 2.48 bits per heavy atom. The zero-order valence-electron chi connectivity index (χ0n) is 16.1. The largest absolute Gasteiger partial charge is 0.495 e. The van der Waals surface area contributed by atoms with Crippen molar-refractivity contribution in [2.45, 2.75) is 18.0 Å². The Morgan fingerprint density at radius 1 is 1.16 bits per heavy atom. The first kappa shape index (κ1) is 22.2. The third-order valence-corrected chi connectivity index (χ3v) is 5.59. The lowest BCUT2D eigenvalue weighted by Gasteiger charge is -2.17. The molecule has 1 amide bonds. The molecule has 0 spiro atoms. The first-order valence-electron chi connectivity index (χ1n) is 8.62. The number of ether oxygens (including phenoxy) is 1. The molecule has 0 saturated carbocycles. The van der Waals surface area contributed by atoms with Gasteiger partial charge in [0, 0.05) is 5.69 Å². The molecule has 0 aliphatic heterocycles. The minimum absolute atomic E-state index is 0.0310. The zero-order chi connectivity index (χ0) is 22.8. The second-order valence-electron chi connectivity index (χ2n) is 6.26. The maximum atomic E-state index is 13.6. The molecule has 1 aromatic heterocycles. The number of anilines is 2. The summed E-state index contributed by atoms with van der Waals surface area (Å²) < 4.78 is 77.9. The Labute approximate surface area is 175 Å². The predicted octanol–water partition coefficient (Wildman–Crippen LogP) is 4.06. The minimum Gasteiger partial charge on any atom is -0.495 e. The number of rotatable bonds is 6. The highest BCUT2D eigenvalue weighted by molar-refractivity contribution is 7.92. The van der Waals surface area contributed by atoms with E-state index in [1.54, 1.807) is 0 Å². The van der Waals surface area contributed by atoms with Gasteiger partial charge in [0.25, 0.3) is 15.9 Å². The molecular formula is C19H16F3N3O5S. The van der Waals surface area contributed by atoms with Gasteiger partial charge in [0.15, 0.2) is 0 Å². The number of sulfonamides is 1.